The van der Waals surface area contributed by atoms with Gasteiger partial charge in [-0.25, -0.2) is 0 Å². The molecule has 1 saturated heterocycles. The third kappa shape index (κ3) is 2.41. The molecule has 4 nitrogen and oxygen atoms in total. The molecule has 0 aliphatic carbocycles. The van der Waals surface area contributed by atoms with Gasteiger partial charge in [0.2, 0.25) is 0 Å². The maximum absolute atomic E-state index is 9.26. The summed E-state index contributed by atoms with van der Waals surface area (Å²) in [5.74, 6) is 0. The number of aliphatic hydroxyl groups is 1. The number of nitrogens with zero attached hydrogens (tertiary/aromatic N) is 1. The molecular formula is C7H16N2O2. The summed E-state index contributed by atoms with van der Waals surface area (Å²) in [7, 11) is 1.67. The molecule has 0 aromatic rings. The van der Waals surface area contributed by atoms with Crippen LogP contribution in [0.2, 0.25) is 0 Å². The minimum atomic E-state index is -0.355. The van der Waals surface area contributed by atoms with Crippen LogP contribution in [0.15, 0.2) is 0 Å². The molecule has 66 valence electrons. The Morgan fingerprint density at radius 1 is 1.64 bits per heavy atom. The molecule has 1 rings (SSSR count). The van der Waals surface area contributed by atoms with E-state index in [1.807, 2.05) is 0 Å². The van der Waals surface area contributed by atoms with Gasteiger partial charge in [0, 0.05) is 32.8 Å². The minimum absolute atomic E-state index is 0.0770. The lowest BCUT2D eigenvalue weighted by atomic mass is 10.2. The average Bonchev–Trinajstić information content (AvgIpc) is 2.28. The van der Waals surface area contributed by atoms with Crippen LogP contribution in [0.3, 0.4) is 0 Å². The zero-order chi connectivity index (χ0) is 8.27. The van der Waals surface area contributed by atoms with E-state index in [0.717, 1.165) is 13.1 Å². The summed E-state index contributed by atoms with van der Waals surface area (Å²) in [4.78, 5) is 2.11. The fraction of sp³-hybridized carbons (Fsp3) is 1.00. The zero-order valence-corrected chi connectivity index (χ0v) is 6.86. The van der Waals surface area contributed by atoms with Gasteiger partial charge in [0.25, 0.3) is 0 Å². The molecule has 0 aromatic heterocycles. The maximum Gasteiger partial charge on any atom is 0.0830 e. The number of ether oxygens (including phenoxy) is 1. The normalized spacial score (nSPS) is 33.0. The van der Waals surface area contributed by atoms with Crippen molar-refractivity contribution in [2.24, 2.45) is 5.73 Å². The van der Waals surface area contributed by atoms with E-state index in [0.29, 0.717) is 13.2 Å². The van der Waals surface area contributed by atoms with Crippen molar-refractivity contribution in [3.63, 3.8) is 0 Å². The summed E-state index contributed by atoms with van der Waals surface area (Å²) in [6, 6.07) is -0.0770. The second-order valence-corrected chi connectivity index (χ2v) is 2.98. The molecular weight excluding hydrogens is 144 g/mol. The van der Waals surface area contributed by atoms with E-state index < -0.39 is 0 Å². The maximum atomic E-state index is 9.26. The number of hydrogen-bond acceptors (Lipinski definition) is 4. The van der Waals surface area contributed by atoms with Gasteiger partial charge in [-0.05, 0) is 0 Å². The van der Waals surface area contributed by atoms with Crippen LogP contribution in [-0.2, 0) is 4.74 Å². The Morgan fingerprint density at radius 2 is 2.36 bits per heavy atom. The lowest BCUT2D eigenvalue weighted by molar-refractivity contribution is 0.139. The van der Waals surface area contributed by atoms with E-state index in [9.17, 15) is 5.11 Å². The first-order valence-electron chi connectivity index (χ1n) is 3.89. The molecule has 1 aliphatic rings. The largest absolute Gasteiger partial charge is 0.390 e. The van der Waals surface area contributed by atoms with E-state index in [-0.39, 0.29) is 12.1 Å². The van der Waals surface area contributed by atoms with E-state index in [2.05, 4.69) is 4.90 Å². The van der Waals surface area contributed by atoms with Gasteiger partial charge in [0.15, 0.2) is 0 Å². The number of β-amino-alcohol motifs (C(OH)–C–C–N with tert-alkyl or cyclic N) is 1. The molecule has 1 heterocycles. The zero-order valence-electron chi connectivity index (χ0n) is 6.86. The van der Waals surface area contributed by atoms with Crippen molar-refractivity contribution in [1.29, 1.82) is 0 Å². The molecule has 0 amide bonds. The first-order valence-corrected chi connectivity index (χ1v) is 3.89. The van der Waals surface area contributed by atoms with Crippen molar-refractivity contribution in [2.45, 2.75) is 12.1 Å². The molecule has 0 aromatic carbocycles. The van der Waals surface area contributed by atoms with Crippen molar-refractivity contribution >= 4 is 0 Å². The van der Waals surface area contributed by atoms with Gasteiger partial charge < -0.3 is 15.6 Å². The Labute approximate surface area is 66.9 Å². The van der Waals surface area contributed by atoms with Crippen LogP contribution in [0.25, 0.3) is 0 Å². The van der Waals surface area contributed by atoms with Crippen LogP contribution < -0.4 is 5.73 Å². The number of hydrogen-bond donors (Lipinski definition) is 2. The topological polar surface area (TPSA) is 58.7 Å². The lowest BCUT2D eigenvalue weighted by Gasteiger charge is -2.12. The van der Waals surface area contributed by atoms with Crippen molar-refractivity contribution in [1.82, 2.24) is 4.90 Å². The number of methoxy groups -OCH3 is 1. The van der Waals surface area contributed by atoms with Crippen LogP contribution in [0, 0.1) is 0 Å². The molecule has 2 atom stereocenters. The molecule has 0 spiro atoms. The molecule has 4 heteroatoms. The molecule has 0 unspecified atom stereocenters. The lowest BCUT2D eigenvalue weighted by Crippen LogP contribution is -2.32. The highest BCUT2D eigenvalue weighted by atomic mass is 16.5. The van der Waals surface area contributed by atoms with Gasteiger partial charge >= 0.3 is 0 Å². The predicted molar refractivity (Wildman–Crippen MR) is 42.3 cm³/mol. The van der Waals surface area contributed by atoms with Gasteiger partial charge in [-0.3, -0.25) is 4.90 Å². The number of rotatable bonds is 3. The number of likely N-dealkylation sites (tertiary alicyclic amines) is 1. The summed E-state index contributed by atoms with van der Waals surface area (Å²) in [6.45, 7) is 3.04. The smallest absolute Gasteiger partial charge is 0.0830 e. The Bertz CT molecular complexity index is 111. The molecule has 0 saturated carbocycles. The van der Waals surface area contributed by atoms with Gasteiger partial charge in [-0.1, -0.05) is 0 Å². The highest BCUT2D eigenvalue weighted by Gasteiger charge is 2.27. The molecule has 1 fully saturated rings. The first kappa shape index (κ1) is 8.93. The van der Waals surface area contributed by atoms with Gasteiger partial charge in [0.1, 0.15) is 0 Å². The second kappa shape index (κ2) is 4.01. The average molecular weight is 160 g/mol. The summed E-state index contributed by atoms with van der Waals surface area (Å²) in [6.07, 6.45) is -0.355. The Morgan fingerprint density at radius 3 is 2.82 bits per heavy atom. The summed E-state index contributed by atoms with van der Waals surface area (Å²) < 4.78 is 4.91. The molecule has 1 aliphatic heterocycles. The van der Waals surface area contributed by atoms with E-state index >= 15 is 0 Å². The standard InChI is InChI=1S/C7H16N2O2/c1-11-3-2-9-4-6(8)7(10)5-9/h6-7,10H,2-5,8H2,1H3/t6-,7-/m1/s1. The summed E-state index contributed by atoms with van der Waals surface area (Å²) in [5, 5.41) is 9.26. The third-order valence-corrected chi connectivity index (χ3v) is 2.02. The first-order chi connectivity index (χ1) is 5.24. The van der Waals surface area contributed by atoms with Crippen molar-refractivity contribution in [3.05, 3.63) is 0 Å². The van der Waals surface area contributed by atoms with Crippen molar-refractivity contribution < 1.29 is 9.84 Å². The Balaban J connectivity index is 2.18. The van der Waals surface area contributed by atoms with E-state index in [4.69, 9.17) is 10.5 Å². The van der Waals surface area contributed by atoms with Crippen LogP contribution in [0.5, 0.6) is 0 Å². The number of aliphatic hydroxyl groups excluding tert-OH is 1. The van der Waals surface area contributed by atoms with E-state index in [1.54, 1.807) is 7.11 Å². The van der Waals surface area contributed by atoms with E-state index in [1.165, 1.54) is 0 Å². The molecule has 0 bridgehead atoms. The van der Waals surface area contributed by atoms with Crippen molar-refractivity contribution in [2.75, 3.05) is 33.4 Å². The second-order valence-electron chi connectivity index (χ2n) is 2.98. The SMILES string of the molecule is COCCN1C[C@@H](N)[C@H](O)C1. The highest BCUT2D eigenvalue weighted by molar-refractivity contribution is 4.85. The van der Waals surface area contributed by atoms with Crippen LogP contribution >= 0.6 is 0 Å². The number of nitrogens with two attached hydrogens (primary N) is 1. The monoisotopic (exact) mass is 160 g/mol. The predicted octanol–water partition coefficient (Wildman–Crippen LogP) is -1.36. The van der Waals surface area contributed by atoms with Gasteiger partial charge in [0.05, 0.1) is 12.7 Å². The van der Waals surface area contributed by atoms with Crippen LogP contribution in [0.1, 0.15) is 0 Å². The van der Waals surface area contributed by atoms with Crippen molar-refractivity contribution in [3.8, 4) is 0 Å². The molecule has 11 heavy (non-hydrogen) atoms. The highest BCUT2D eigenvalue weighted by Crippen LogP contribution is 2.06. The Hall–Kier alpha value is -0.160. The van der Waals surface area contributed by atoms with Crippen LogP contribution in [0.4, 0.5) is 0 Å². The minimum Gasteiger partial charge on any atom is -0.390 e. The Kier molecular flexibility index (Phi) is 3.26. The van der Waals surface area contributed by atoms with Gasteiger partial charge in [-0.15, -0.1) is 0 Å². The summed E-state index contributed by atoms with van der Waals surface area (Å²) in [5.41, 5.74) is 5.61. The molecule has 3 N–H and O–H groups in total. The van der Waals surface area contributed by atoms with Crippen LogP contribution in [-0.4, -0.2) is 55.5 Å². The summed E-state index contributed by atoms with van der Waals surface area (Å²) >= 11 is 0. The van der Waals surface area contributed by atoms with Gasteiger partial charge in [-0.2, -0.15) is 0 Å². The third-order valence-electron chi connectivity index (χ3n) is 2.02. The molecule has 0 radical (unpaired) electrons. The fourth-order valence-electron chi connectivity index (χ4n) is 1.30. The quantitative estimate of drug-likeness (QED) is 0.535. The fourth-order valence-corrected chi connectivity index (χ4v) is 1.30.